The Morgan fingerprint density at radius 3 is 2.47 bits per heavy atom. The van der Waals surface area contributed by atoms with Crippen molar-refractivity contribution in [2.45, 2.75) is 52.1 Å². The maximum atomic E-state index is 8.52. The van der Waals surface area contributed by atoms with Gasteiger partial charge in [0.05, 0.1) is 0 Å². The van der Waals surface area contributed by atoms with E-state index in [1.807, 2.05) is 24.3 Å². The van der Waals surface area contributed by atoms with Gasteiger partial charge in [-0.05, 0) is 37.0 Å². The lowest BCUT2D eigenvalue weighted by Crippen LogP contribution is -2.43. The first-order chi connectivity index (χ1) is 9.19. The molecule has 0 fully saturated rings. The Kier molecular flexibility index (Phi) is 6.38. The number of nitrogens with one attached hydrogen (secondary N) is 1. The Balaban J connectivity index is 2.64. The summed E-state index contributed by atoms with van der Waals surface area (Å²) in [7, 11) is 0. The van der Waals surface area contributed by atoms with Crippen LogP contribution >= 0.6 is 0 Å². The van der Waals surface area contributed by atoms with Gasteiger partial charge < -0.3 is 10.1 Å². The molecule has 19 heavy (non-hydrogen) atoms. The lowest BCUT2D eigenvalue weighted by atomic mass is 9.89. The summed E-state index contributed by atoms with van der Waals surface area (Å²) in [5.74, 6) is 0.760. The van der Waals surface area contributed by atoms with E-state index in [-0.39, 0.29) is 12.1 Å². The van der Waals surface area contributed by atoms with Crippen LogP contribution in [0.5, 0.6) is 5.75 Å². The smallest absolute Gasteiger partial charge is 0.174 e. The predicted octanol–water partition coefficient (Wildman–Crippen LogP) is 3.65. The van der Waals surface area contributed by atoms with Crippen LogP contribution in [0.2, 0.25) is 0 Å². The molecule has 1 rings (SSSR count). The Bertz CT molecular complexity index is 411. The van der Waals surface area contributed by atoms with E-state index in [1.165, 1.54) is 5.56 Å². The number of nitrogens with zero attached hydrogens (tertiary/aromatic N) is 1. The Hall–Kier alpha value is -1.53. The van der Waals surface area contributed by atoms with Crippen LogP contribution in [-0.4, -0.2) is 12.1 Å². The van der Waals surface area contributed by atoms with Crippen molar-refractivity contribution < 1.29 is 4.74 Å². The molecule has 1 aromatic carbocycles. The van der Waals surface area contributed by atoms with Crippen molar-refractivity contribution in [3.8, 4) is 11.8 Å². The van der Waals surface area contributed by atoms with Crippen LogP contribution in [0.3, 0.4) is 0 Å². The van der Waals surface area contributed by atoms with E-state index in [0.717, 1.165) is 31.6 Å². The molecule has 3 nitrogen and oxygen atoms in total. The molecular formula is C16H24N2O. The summed E-state index contributed by atoms with van der Waals surface area (Å²) in [6.45, 7) is 7.62. The highest BCUT2D eigenvalue weighted by molar-refractivity contribution is 5.28. The largest absolute Gasteiger partial charge is 0.479 e. The summed E-state index contributed by atoms with van der Waals surface area (Å²) in [5.41, 5.74) is 1.42. The minimum absolute atomic E-state index is 0.0969. The second-order valence-corrected chi connectivity index (χ2v) is 4.79. The monoisotopic (exact) mass is 260 g/mol. The van der Waals surface area contributed by atoms with Crippen molar-refractivity contribution in [2.75, 3.05) is 6.61 Å². The molecule has 0 heterocycles. The quantitative estimate of drug-likeness (QED) is 0.776. The third kappa shape index (κ3) is 4.57. The summed E-state index contributed by atoms with van der Waals surface area (Å²) in [5, 5.41) is 12.2. The predicted molar refractivity (Wildman–Crippen MR) is 78.0 cm³/mol. The molecule has 1 N–H and O–H groups in total. The third-order valence-corrected chi connectivity index (χ3v) is 3.90. The standard InChI is InChI=1S/C16H24N2O/c1-4-16(5-2,6-3)18-13-14-8-7-9-15(12-14)19-11-10-17/h7-9,12,18H,4-6,11,13H2,1-3H3. The van der Waals surface area contributed by atoms with E-state index in [9.17, 15) is 0 Å². The number of ether oxygens (including phenoxy) is 1. The van der Waals surface area contributed by atoms with Crippen molar-refractivity contribution >= 4 is 0 Å². The van der Waals surface area contributed by atoms with Gasteiger partial charge in [0.25, 0.3) is 0 Å². The number of hydrogen-bond acceptors (Lipinski definition) is 3. The van der Waals surface area contributed by atoms with E-state index < -0.39 is 0 Å². The molecule has 0 spiro atoms. The van der Waals surface area contributed by atoms with Crippen LogP contribution in [0.1, 0.15) is 45.6 Å². The first-order valence-corrected chi connectivity index (χ1v) is 7.03. The van der Waals surface area contributed by atoms with Gasteiger partial charge in [-0.25, -0.2) is 0 Å². The van der Waals surface area contributed by atoms with Crippen LogP contribution in [0.25, 0.3) is 0 Å². The van der Waals surface area contributed by atoms with E-state index in [1.54, 1.807) is 0 Å². The lowest BCUT2D eigenvalue weighted by Gasteiger charge is -2.32. The molecule has 0 atom stereocenters. The molecule has 0 saturated heterocycles. The molecule has 0 saturated carbocycles. The van der Waals surface area contributed by atoms with Gasteiger partial charge in [-0.2, -0.15) is 5.26 Å². The minimum atomic E-state index is 0.0969. The van der Waals surface area contributed by atoms with Gasteiger partial charge in [0, 0.05) is 12.1 Å². The first kappa shape index (κ1) is 15.5. The fourth-order valence-corrected chi connectivity index (χ4v) is 2.28. The summed E-state index contributed by atoms with van der Waals surface area (Å²) < 4.78 is 5.32. The van der Waals surface area contributed by atoms with Gasteiger partial charge in [0.2, 0.25) is 0 Å². The van der Waals surface area contributed by atoms with Gasteiger partial charge in [-0.3, -0.25) is 0 Å². The lowest BCUT2D eigenvalue weighted by molar-refractivity contribution is 0.287. The van der Waals surface area contributed by atoms with Crippen molar-refractivity contribution in [3.05, 3.63) is 29.8 Å². The van der Waals surface area contributed by atoms with E-state index in [2.05, 4.69) is 32.2 Å². The van der Waals surface area contributed by atoms with E-state index >= 15 is 0 Å². The Labute approximate surface area is 116 Å². The third-order valence-electron chi connectivity index (χ3n) is 3.90. The average Bonchev–Trinajstić information content (AvgIpc) is 2.47. The molecule has 0 aliphatic rings. The van der Waals surface area contributed by atoms with Crippen LogP contribution < -0.4 is 10.1 Å². The molecule has 0 aromatic heterocycles. The normalized spacial score (nSPS) is 11.1. The van der Waals surface area contributed by atoms with Crippen LogP contribution in [0.15, 0.2) is 24.3 Å². The van der Waals surface area contributed by atoms with Crippen molar-refractivity contribution in [1.82, 2.24) is 5.32 Å². The fourth-order valence-electron chi connectivity index (χ4n) is 2.28. The number of benzene rings is 1. The zero-order chi connectivity index (χ0) is 14.1. The van der Waals surface area contributed by atoms with E-state index in [0.29, 0.717) is 0 Å². The molecule has 104 valence electrons. The van der Waals surface area contributed by atoms with E-state index in [4.69, 9.17) is 10.00 Å². The van der Waals surface area contributed by atoms with Crippen molar-refractivity contribution in [2.24, 2.45) is 0 Å². The molecular weight excluding hydrogens is 236 g/mol. The van der Waals surface area contributed by atoms with Crippen molar-refractivity contribution in [1.29, 1.82) is 5.26 Å². The SMILES string of the molecule is CCC(CC)(CC)NCc1cccc(OCC#N)c1. The van der Waals surface area contributed by atoms with Gasteiger partial charge in [0.15, 0.2) is 6.61 Å². The summed E-state index contributed by atoms with van der Waals surface area (Å²) in [6, 6.07) is 9.91. The molecule has 0 radical (unpaired) electrons. The molecule has 0 unspecified atom stereocenters. The average molecular weight is 260 g/mol. The highest BCUT2D eigenvalue weighted by Crippen LogP contribution is 2.21. The maximum absolute atomic E-state index is 8.52. The highest BCUT2D eigenvalue weighted by atomic mass is 16.5. The first-order valence-electron chi connectivity index (χ1n) is 7.03. The van der Waals surface area contributed by atoms with Crippen LogP contribution in [-0.2, 0) is 6.54 Å². The van der Waals surface area contributed by atoms with Gasteiger partial charge in [-0.1, -0.05) is 32.9 Å². The summed E-state index contributed by atoms with van der Waals surface area (Å²) >= 11 is 0. The topological polar surface area (TPSA) is 45.0 Å². The molecule has 1 aromatic rings. The molecule has 0 bridgehead atoms. The summed E-state index contributed by atoms with van der Waals surface area (Å²) in [4.78, 5) is 0. The number of nitriles is 1. The number of rotatable bonds is 8. The Morgan fingerprint density at radius 1 is 1.21 bits per heavy atom. The minimum Gasteiger partial charge on any atom is -0.479 e. The molecule has 0 aliphatic carbocycles. The van der Waals surface area contributed by atoms with Crippen molar-refractivity contribution in [3.63, 3.8) is 0 Å². The molecule has 3 heteroatoms. The Morgan fingerprint density at radius 2 is 1.89 bits per heavy atom. The zero-order valence-electron chi connectivity index (χ0n) is 12.2. The molecule has 0 amide bonds. The summed E-state index contributed by atoms with van der Waals surface area (Å²) in [6.07, 6.45) is 3.39. The second kappa shape index (κ2) is 7.81. The van der Waals surface area contributed by atoms with Gasteiger partial charge >= 0.3 is 0 Å². The second-order valence-electron chi connectivity index (χ2n) is 4.79. The maximum Gasteiger partial charge on any atom is 0.174 e. The fraction of sp³-hybridized carbons (Fsp3) is 0.562. The number of hydrogen-bond donors (Lipinski definition) is 1. The van der Waals surface area contributed by atoms with Gasteiger partial charge in [0.1, 0.15) is 11.8 Å². The van der Waals surface area contributed by atoms with Crippen LogP contribution in [0.4, 0.5) is 0 Å². The highest BCUT2D eigenvalue weighted by Gasteiger charge is 2.22. The van der Waals surface area contributed by atoms with Crippen LogP contribution in [0, 0.1) is 11.3 Å². The molecule has 0 aliphatic heterocycles. The zero-order valence-corrected chi connectivity index (χ0v) is 12.2. The van der Waals surface area contributed by atoms with Gasteiger partial charge in [-0.15, -0.1) is 0 Å².